The molecule has 1 fully saturated rings. The maximum absolute atomic E-state index is 12.2. The number of imide groups is 1. The van der Waals surface area contributed by atoms with E-state index in [9.17, 15) is 14.4 Å². The number of benzene rings is 2. The van der Waals surface area contributed by atoms with Crippen molar-refractivity contribution in [3.63, 3.8) is 0 Å². The molecule has 0 atom stereocenters. The van der Waals surface area contributed by atoms with Crippen LogP contribution < -0.4 is 4.74 Å². The smallest absolute Gasteiger partial charge is 0.323 e. The molecule has 1 heterocycles. The molecule has 2 aromatic rings. The molecule has 0 spiro atoms. The van der Waals surface area contributed by atoms with Crippen LogP contribution in [0.25, 0.3) is 16.8 Å². The number of carboxylic acids is 1. The number of thioether (sulfide) groups is 1. The first-order chi connectivity index (χ1) is 11.5. The van der Waals surface area contributed by atoms with Crippen molar-refractivity contribution < 1.29 is 24.2 Å². The number of fused-ring (bicyclic) bond motifs is 1. The second kappa shape index (κ2) is 6.37. The third kappa shape index (κ3) is 2.85. The lowest BCUT2D eigenvalue weighted by molar-refractivity contribution is -0.140. The highest BCUT2D eigenvalue weighted by Gasteiger charge is 2.36. The Bertz CT molecular complexity index is 890. The lowest BCUT2D eigenvalue weighted by Crippen LogP contribution is -2.33. The van der Waals surface area contributed by atoms with E-state index in [1.165, 1.54) is 7.11 Å². The number of rotatable bonds is 4. The molecule has 6 nitrogen and oxygen atoms in total. The first-order valence-corrected chi connectivity index (χ1v) is 7.86. The van der Waals surface area contributed by atoms with Gasteiger partial charge in [-0.05, 0) is 23.2 Å². The van der Waals surface area contributed by atoms with Crippen molar-refractivity contribution in [2.75, 3.05) is 13.7 Å². The standard InChI is InChI=1S/C17H13NO5S/c1-23-15-11(7-6-10-4-2-3-5-12(10)15)8-13-16(21)18(9-14(19)20)17(22)24-13/h2-8H,9H2,1H3,(H,19,20)/b13-8-. The van der Waals surface area contributed by atoms with Gasteiger partial charge in [-0.2, -0.15) is 0 Å². The van der Waals surface area contributed by atoms with Gasteiger partial charge in [0.05, 0.1) is 12.0 Å². The molecule has 122 valence electrons. The summed E-state index contributed by atoms with van der Waals surface area (Å²) < 4.78 is 5.46. The van der Waals surface area contributed by atoms with Crippen molar-refractivity contribution >= 4 is 45.7 Å². The van der Waals surface area contributed by atoms with Gasteiger partial charge >= 0.3 is 5.97 Å². The van der Waals surface area contributed by atoms with Gasteiger partial charge in [-0.3, -0.25) is 19.3 Å². The van der Waals surface area contributed by atoms with Gasteiger partial charge in [-0.25, -0.2) is 0 Å². The number of ether oxygens (including phenoxy) is 1. The number of carboxylic acid groups (broad SMARTS) is 1. The number of methoxy groups -OCH3 is 1. The summed E-state index contributed by atoms with van der Waals surface area (Å²) in [7, 11) is 1.54. The molecule has 1 saturated heterocycles. The normalized spacial score (nSPS) is 16.2. The van der Waals surface area contributed by atoms with E-state index >= 15 is 0 Å². The van der Waals surface area contributed by atoms with Crippen molar-refractivity contribution in [2.24, 2.45) is 0 Å². The lowest BCUT2D eigenvalue weighted by atomic mass is 10.0. The SMILES string of the molecule is COc1c(/C=C2\SC(=O)N(CC(=O)O)C2=O)ccc2ccccc12. The van der Waals surface area contributed by atoms with Crippen molar-refractivity contribution in [3.05, 3.63) is 46.9 Å². The van der Waals surface area contributed by atoms with Crippen LogP contribution in [-0.4, -0.2) is 40.8 Å². The number of aliphatic carboxylic acids is 1. The summed E-state index contributed by atoms with van der Waals surface area (Å²) >= 11 is 0.723. The summed E-state index contributed by atoms with van der Waals surface area (Å²) in [6.07, 6.45) is 1.55. The minimum absolute atomic E-state index is 0.176. The zero-order valence-electron chi connectivity index (χ0n) is 12.7. The van der Waals surface area contributed by atoms with Gasteiger partial charge in [0.25, 0.3) is 11.1 Å². The molecule has 0 aliphatic carbocycles. The Morgan fingerprint density at radius 1 is 1.25 bits per heavy atom. The Morgan fingerprint density at radius 2 is 2.00 bits per heavy atom. The van der Waals surface area contributed by atoms with Gasteiger partial charge in [0, 0.05) is 10.9 Å². The Balaban J connectivity index is 2.03. The Morgan fingerprint density at radius 3 is 2.71 bits per heavy atom. The molecular formula is C17H13NO5S. The van der Waals surface area contributed by atoms with Gasteiger partial charge in [0.2, 0.25) is 0 Å². The predicted octanol–water partition coefficient (Wildman–Crippen LogP) is 2.97. The molecule has 0 aromatic heterocycles. The Hall–Kier alpha value is -2.80. The molecule has 1 aliphatic rings. The summed E-state index contributed by atoms with van der Waals surface area (Å²) in [5.41, 5.74) is 0.650. The van der Waals surface area contributed by atoms with Gasteiger partial charge in [0.15, 0.2) is 0 Å². The van der Waals surface area contributed by atoms with Crippen LogP contribution >= 0.6 is 11.8 Å². The van der Waals surface area contributed by atoms with Gasteiger partial charge in [0.1, 0.15) is 12.3 Å². The van der Waals surface area contributed by atoms with E-state index < -0.39 is 23.7 Å². The quantitative estimate of drug-likeness (QED) is 0.859. The molecule has 7 heteroatoms. The zero-order valence-corrected chi connectivity index (χ0v) is 13.5. The van der Waals surface area contributed by atoms with E-state index in [2.05, 4.69) is 0 Å². The Labute approximate surface area is 141 Å². The topological polar surface area (TPSA) is 83.9 Å². The average molecular weight is 343 g/mol. The van der Waals surface area contributed by atoms with Crippen LogP contribution in [0.3, 0.4) is 0 Å². The van der Waals surface area contributed by atoms with Crippen LogP contribution in [0.4, 0.5) is 4.79 Å². The van der Waals surface area contributed by atoms with E-state index in [4.69, 9.17) is 9.84 Å². The van der Waals surface area contributed by atoms with E-state index in [1.807, 2.05) is 30.3 Å². The van der Waals surface area contributed by atoms with Crippen LogP contribution in [0.1, 0.15) is 5.56 Å². The third-order valence-corrected chi connectivity index (χ3v) is 4.48. The molecule has 0 unspecified atom stereocenters. The van der Waals surface area contributed by atoms with Gasteiger partial charge < -0.3 is 9.84 Å². The highest BCUT2D eigenvalue weighted by Crippen LogP contribution is 2.36. The number of carbonyl (C=O) groups excluding carboxylic acids is 2. The third-order valence-electron chi connectivity index (χ3n) is 3.57. The maximum atomic E-state index is 12.2. The number of nitrogens with zero attached hydrogens (tertiary/aromatic N) is 1. The molecule has 2 aromatic carbocycles. The van der Waals surface area contributed by atoms with Crippen molar-refractivity contribution in [1.82, 2.24) is 4.90 Å². The summed E-state index contributed by atoms with van der Waals surface area (Å²) in [6.45, 7) is -0.642. The van der Waals surface area contributed by atoms with E-state index in [0.717, 1.165) is 22.5 Å². The molecule has 0 saturated carbocycles. The number of amides is 2. The average Bonchev–Trinajstić information content (AvgIpc) is 2.82. The van der Waals surface area contributed by atoms with Crippen molar-refractivity contribution in [1.29, 1.82) is 0 Å². The van der Waals surface area contributed by atoms with Crippen LogP contribution in [0.15, 0.2) is 41.3 Å². The summed E-state index contributed by atoms with van der Waals surface area (Å²) in [5, 5.41) is 10.1. The fraction of sp³-hybridized carbons (Fsp3) is 0.118. The molecule has 3 rings (SSSR count). The molecule has 24 heavy (non-hydrogen) atoms. The van der Waals surface area contributed by atoms with Crippen molar-refractivity contribution in [3.8, 4) is 5.75 Å². The van der Waals surface area contributed by atoms with Crippen molar-refractivity contribution in [2.45, 2.75) is 0 Å². The molecule has 1 aliphatic heterocycles. The minimum atomic E-state index is -1.23. The van der Waals surface area contributed by atoms with Crippen LogP contribution in [0.2, 0.25) is 0 Å². The maximum Gasteiger partial charge on any atom is 0.323 e. The summed E-state index contributed by atoms with van der Waals surface area (Å²) in [6, 6.07) is 11.3. The summed E-state index contributed by atoms with van der Waals surface area (Å²) in [5.74, 6) is -1.25. The second-order valence-corrected chi connectivity index (χ2v) is 6.06. The minimum Gasteiger partial charge on any atom is -0.495 e. The van der Waals surface area contributed by atoms with Crippen LogP contribution in [0.5, 0.6) is 5.75 Å². The highest BCUT2D eigenvalue weighted by molar-refractivity contribution is 8.18. The van der Waals surface area contributed by atoms with E-state index in [0.29, 0.717) is 16.2 Å². The monoisotopic (exact) mass is 343 g/mol. The highest BCUT2D eigenvalue weighted by atomic mass is 32.2. The number of hydrogen-bond acceptors (Lipinski definition) is 5. The number of carbonyl (C=O) groups is 3. The fourth-order valence-corrected chi connectivity index (χ4v) is 3.34. The van der Waals surface area contributed by atoms with Gasteiger partial charge in [-0.1, -0.05) is 36.4 Å². The molecule has 2 amide bonds. The fourth-order valence-electron chi connectivity index (χ4n) is 2.51. The Kier molecular flexibility index (Phi) is 4.26. The van der Waals surface area contributed by atoms with Gasteiger partial charge in [-0.15, -0.1) is 0 Å². The molecular weight excluding hydrogens is 330 g/mol. The first-order valence-electron chi connectivity index (χ1n) is 7.04. The first kappa shape index (κ1) is 16.1. The zero-order chi connectivity index (χ0) is 17.3. The molecule has 0 bridgehead atoms. The largest absolute Gasteiger partial charge is 0.495 e. The molecule has 0 radical (unpaired) electrons. The summed E-state index contributed by atoms with van der Waals surface area (Å²) in [4.78, 5) is 35.7. The second-order valence-electron chi connectivity index (χ2n) is 5.07. The van der Waals surface area contributed by atoms with E-state index in [-0.39, 0.29) is 4.91 Å². The van der Waals surface area contributed by atoms with Crippen LogP contribution in [-0.2, 0) is 9.59 Å². The van der Waals surface area contributed by atoms with Crippen LogP contribution in [0, 0.1) is 0 Å². The lowest BCUT2D eigenvalue weighted by Gasteiger charge is -2.10. The molecule has 1 N–H and O–H groups in total. The van der Waals surface area contributed by atoms with E-state index in [1.54, 1.807) is 12.1 Å². The number of hydrogen-bond donors (Lipinski definition) is 1. The predicted molar refractivity (Wildman–Crippen MR) is 90.8 cm³/mol.